The molecule has 1 saturated heterocycles. The summed E-state index contributed by atoms with van der Waals surface area (Å²) in [5.41, 5.74) is 5.75. The summed E-state index contributed by atoms with van der Waals surface area (Å²) in [5, 5.41) is 3.06. The monoisotopic (exact) mass is 507 g/mol. The highest BCUT2D eigenvalue weighted by Gasteiger charge is 2.35. The summed E-state index contributed by atoms with van der Waals surface area (Å²) in [5.74, 6) is -0.157. The number of benzene rings is 3. The molecule has 1 amide bonds. The van der Waals surface area contributed by atoms with E-state index in [1.165, 1.54) is 19.3 Å². The summed E-state index contributed by atoms with van der Waals surface area (Å²) in [7, 11) is 0. The first kappa shape index (κ1) is 25.9. The van der Waals surface area contributed by atoms with E-state index >= 15 is 0 Å². The van der Waals surface area contributed by atoms with Crippen molar-refractivity contribution in [3.63, 3.8) is 0 Å². The lowest BCUT2D eigenvalue weighted by Crippen LogP contribution is -2.37. The van der Waals surface area contributed by atoms with Crippen molar-refractivity contribution < 1.29 is 9.59 Å². The van der Waals surface area contributed by atoms with Gasteiger partial charge in [-0.05, 0) is 74.2 Å². The number of amides is 1. The van der Waals surface area contributed by atoms with Crippen molar-refractivity contribution in [1.82, 2.24) is 10.2 Å². The minimum atomic E-state index is -0.256. The van der Waals surface area contributed by atoms with Crippen LogP contribution in [0.25, 0.3) is 0 Å². The average Bonchev–Trinajstić information content (AvgIpc) is 2.96. The molecular formula is C33H37N3O2. The molecule has 0 radical (unpaired) electrons. The van der Waals surface area contributed by atoms with Crippen LogP contribution in [0.15, 0.2) is 90.6 Å². The van der Waals surface area contributed by atoms with Crippen LogP contribution in [-0.4, -0.2) is 42.8 Å². The Kier molecular flexibility index (Phi) is 8.34. The van der Waals surface area contributed by atoms with Gasteiger partial charge in [0, 0.05) is 30.9 Å². The van der Waals surface area contributed by atoms with E-state index in [4.69, 9.17) is 0 Å². The SMILES string of the molecule is C/C=C1/C(=O)C(Cc2ccc(C(=O)NCCN3CCCCC3)cc2)c2ccccc2N1Cc1ccccc1. The zero-order valence-corrected chi connectivity index (χ0v) is 22.2. The highest BCUT2D eigenvalue weighted by Crippen LogP contribution is 2.40. The number of anilines is 1. The molecule has 1 N–H and O–H groups in total. The van der Waals surface area contributed by atoms with Gasteiger partial charge < -0.3 is 15.1 Å². The van der Waals surface area contributed by atoms with E-state index in [1.807, 2.05) is 67.6 Å². The Morgan fingerprint density at radius 2 is 1.61 bits per heavy atom. The number of likely N-dealkylation sites (tertiary alicyclic amines) is 1. The van der Waals surface area contributed by atoms with Crippen LogP contribution < -0.4 is 10.2 Å². The molecule has 0 bridgehead atoms. The number of Topliss-reactive ketones (excluding diaryl/α,β-unsaturated/α-hetero) is 1. The second-order valence-corrected chi connectivity index (χ2v) is 10.3. The van der Waals surface area contributed by atoms with Crippen molar-refractivity contribution in [3.05, 3.63) is 113 Å². The van der Waals surface area contributed by atoms with Crippen molar-refractivity contribution in [1.29, 1.82) is 0 Å². The number of carbonyl (C=O) groups is 2. The molecule has 0 aromatic heterocycles. The molecule has 5 heteroatoms. The molecule has 3 aromatic rings. The molecule has 2 aliphatic heterocycles. The van der Waals surface area contributed by atoms with Crippen LogP contribution in [0.3, 0.4) is 0 Å². The summed E-state index contributed by atoms with van der Waals surface area (Å²) >= 11 is 0. The van der Waals surface area contributed by atoms with Gasteiger partial charge in [-0.2, -0.15) is 0 Å². The van der Waals surface area contributed by atoms with E-state index in [2.05, 4.69) is 39.4 Å². The minimum absolute atomic E-state index is 0.0413. The summed E-state index contributed by atoms with van der Waals surface area (Å²) in [6.07, 6.45) is 6.36. The average molecular weight is 508 g/mol. The molecular weight excluding hydrogens is 470 g/mol. The van der Waals surface area contributed by atoms with E-state index in [1.54, 1.807) is 0 Å². The summed E-state index contributed by atoms with van der Waals surface area (Å²) < 4.78 is 0. The first-order chi connectivity index (χ1) is 18.6. The van der Waals surface area contributed by atoms with Gasteiger partial charge in [0.25, 0.3) is 5.91 Å². The third-order valence-corrected chi connectivity index (χ3v) is 7.74. The predicted octanol–water partition coefficient (Wildman–Crippen LogP) is 5.72. The number of hydrogen-bond donors (Lipinski definition) is 1. The molecule has 5 nitrogen and oxygen atoms in total. The molecule has 5 rings (SSSR count). The van der Waals surface area contributed by atoms with Gasteiger partial charge in [-0.25, -0.2) is 0 Å². The summed E-state index contributed by atoms with van der Waals surface area (Å²) in [4.78, 5) is 31.0. The highest BCUT2D eigenvalue weighted by atomic mass is 16.1. The topological polar surface area (TPSA) is 52.7 Å². The van der Waals surface area contributed by atoms with Crippen LogP contribution >= 0.6 is 0 Å². The van der Waals surface area contributed by atoms with Crippen molar-refractivity contribution in [3.8, 4) is 0 Å². The Labute approximate surface area is 226 Å². The fourth-order valence-corrected chi connectivity index (χ4v) is 5.69. The van der Waals surface area contributed by atoms with Crippen LogP contribution in [0.1, 0.15) is 59.2 Å². The van der Waals surface area contributed by atoms with Crippen LogP contribution in [0.2, 0.25) is 0 Å². The van der Waals surface area contributed by atoms with Gasteiger partial charge >= 0.3 is 0 Å². The molecule has 1 unspecified atom stereocenters. The van der Waals surface area contributed by atoms with E-state index in [9.17, 15) is 9.59 Å². The lowest BCUT2D eigenvalue weighted by Gasteiger charge is -2.37. The number of hydrogen-bond acceptors (Lipinski definition) is 4. The van der Waals surface area contributed by atoms with Crippen LogP contribution in [0.4, 0.5) is 5.69 Å². The number of carbonyl (C=O) groups excluding carboxylic acids is 2. The van der Waals surface area contributed by atoms with Gasteiger partial charge in [0.05, 0.1) is 11.6 Å². The Hall–Kier alpha value is -3.70. The number of nitrogens with one attached hydrogen (secondary N) is 1. The van der Waals surface area contributed by atoms with Gasteiger partial charge in [0.1, 0.15) is 0 Å². The molecule has 38 heavy (non-hydrogen) atoms. The number of nitrogens with zero attached hydrogens (tertiary/aromatic N) is 2. The fourth-order valence-electron chi connectivity index (χ4n) is 5.69. The van der Waals surface area contributed by atoms with Crippen molar-refractivity contribution in [2.24, 2.45) is 0 Å². The number of para-hydroxylation sites is 1. The third-order valence-electron chi connectivity index (χ3n) is 7.74. The molecule has 0 spiro atoms. The number of piperidine rings is 1. The van der Waals surface area contributed by atoms with Gasteiger partial charge in [-0.15, -0.1) is 0 Å². The summed E-state index contributed by atoms with van der Waals surface area (Å²) in [6, 6.07) is 26.2. The summed E-state index contributed by atoms with van der Waals surface area (Å²) in [6.45, 7) is 6.42. The zero-order valence-electron chi connectivity index (χ0n) is 22.2. The van der Waals surface area contributed by atoms with Crippen molar-refractivity contribution in [2.75, 3.05) is 31.1 Å². The van der Waals surface area contributed by atoms with Crippen molar-refractivity contribution >= 4 is 17.4 Å². The van der Waals surface area contributed by atoms with E-state index in [-0.39, 0.29) is 17.6 Å². The fraction of sp³-hybridized carbons (Fsp3) is 0.333. The Bertz CT molecular complexity index is 1280. The molecule has 1 atom stereocenters. The van der Waals surface area contributed by atoms with E-state index in [0.29, 0.717) is 25.1 Å². The highest BCUT2D eigenvalue weighted by molar-refractivity contribution is 6.07. The predicted molar refractivity (Wildman–Crippen MR) is 153 cm³/mol. The molecule has 196 valence electrons. The lowest BCUT2D eigenvalue weighted by molar-refractivity contribution is -0.117. The van der Waals surface area contributed by atoms with Crippen LogP contribution in [-0.2, 0) is 17.8 Å². The van der Waals surface area contributed by atoms with Crippen LogP contribution in [0.5, 0.6) is 0 Å². The van der Waals surface area contributed by atoms with Gasteiger partial charge in [0.2, 0.25) is 0 Å². The second-order valence-electron chi connectivity index (χ2n) is 10.3. The first-order valence-corrected chi connectivity index (χ1v) is 13.8. The first-order valence-electron chi connectivity index (χ1n) is 13.8. The smallest absolute Gasteiger partial charge is 0.251 e. The zero-order chi connectivity index (χ0) is 26.3. The second kappa shape index (κ2) is 12.2. The Morgan fingerprint density at radius 1 is 0.895 bits per heavy atom. The molecule has 0 aliphatic carbocycles. The van der Waals surface area contributed by atoms with Gasteiger partial charge in [-0.1, -0.05) is 73.2 Å². The minimum Gasteiger partial charge on any atom is -0.351 e. The largest absolute Gasteiger partial charge is 0.351 e. The molecule has 1 fully saturated rings. The van der Waals surface area contributed by atoms with E-state index < -0.39 is 0 Å². The number of fused-ring (bicyclic) bond motifs is 1. The van der Waals surface area contributed by atoms with Crippen molar-refractivity contribution in [2.45, 2.75) is 45.1 Å². The van der Waals surface area contributed by atoms with Gasteiger partial charge in [0.15, 0.2) is 5.78 Å². The van der Waals surface area contributed by atoms with E-state index in [0.717, 1.165) is 47.7 Å². The molecule has 0 saturated carbocycles. The third kappa shape index (κ3) is 5.89. The Morgan fingerprint density at radius 3 is 2.34 bits per heavy atom. The number of rotatable bonds is 8. The molecule has 3 aromatic carbocycles. The standard InChI is InChI=1S/C33H37N3O2/c1-2-30-32(37)29(28-13-7-8-14-31(28)36(30)24-26-11-5-3-6-12-26)23-25-15-17-27(18-16-25)33(38)34-19-22-35-20-9-4-10-21-35/h2-3,5-8,11-18,29H,4,9-10,19-24H2,1H3,(H,34,38)/b30-2-. The maximum Gasteiger partial charge on any atom is 0.251 e. The maximum absolute atomic E-state index is 13.8. The van der Waals surface area contributed by atoms with Gasteiger partial charge in [-0.3, -0.25) is 9.59 Å². The number of ketones is 1. The lowest BCUT2D eigenvalue weighted by atomic mass is 9.82. The quantitative estimate of drug-likeness (QED) is 0.396. The molecule has 2 heterocycles. The number of allylic oxidation sites excluding steroid dienone is 2. The van der Waals surface area contributed by atoms with Crippen LogP contribution in [0, 0.1) is 0 Å². The molecule has 2 aliphatic rings. The Balaban J connectivity index is 1.28. The normalized spacial score (nSPS) is 18.9. The maximum atomic E-state index is 13.8.